The molecule has 0 radical (unpaired) electrons. The third-order valence-electron chi connectivity index (χ3n) is 6.02. The summed E-state index contributed by atoms with van der Waals surface area (Å²) < 4.78 is 1.38. The van der Waals surface area contributed by atoms with Gasteiger partial charge in [0.15, 0.2) is 0 Å². The summed E-state index contributed by atoms with van der Waals surface area (Å²) >= 11 is 0. The van der Waals surface area contributed by atoms with Crippen LogP contribution in [0, 0.1) is 22.0 Å². The zero-order chi connectivity index (χ0) is 15.7. The van der Waals surface area contributed by atoms with Crippen LogP contribution in [-0.2, 0) is 0 Å². The maximum Gasteiger partial charge on any atom is 0.286 e. The Labute approximate surface area is 132 Å². The smallest absolute Gasteiger partial charge is 0.269 e. The second-order valence-electron chi connectivity index (χ2n) is 7.39. The monoisotopic (exact) mass is 311 g/mol. The van der Waals surface area contributed by atoms with E-state index in [0.717, 1.165) is 36.9 Å². The molecule has 0 N–H and O–H groups in total. The van der Waals surface area contributed by atoms with E-state index in [1.165, 1.54) is 23.1 Å². The van der Waals surface area contributed by atoms with E-state index in [1.807, 2.05) is 0 Å². The molecule has 118 valence electrons. The number of pyridine rings is 1. The van der Waals surface area contributed by atoms with Crippen molar-refractivity contribution < 1.29 is 4.92 Å². The van der Waals surface area contributed by atoms with Gasteiger partial charge >= 0.3 is 0 Å². The highest BCUT2D eigenvalue weighted by Crippen LogP contribution is 2.54. The average molecular weight is 311 g/mol. The molecule has 2 unspecified atom stereocenters. The lowest BCUT2D eigenvalue weighted by atomic mass is 9.67. The van der Waals surface area contributed by atoms with Gasteiger partial charge in [0.05, 0.1) is 16.8 Å². The van der Waals surface area contributed by atoms with Crippen molar-refractivity contribution in [1.82, 2.24) is 9.38 Å². The lowest BCUT2D eigenvalue weighted by Gasteiger charge is -2.38. The molecule has 0 aromatic carbocycles. The van der Waals surface area contributed by atoms with Gasteiger partial charge in [-0.2, -0.15) is 0 Å². The third kappa shape index (κ3) is 1.81. The van der Waals surface area contributed by atoms with Crippen LogP contribution in [0.4, 0.5) is 5.69 Å². The maximum atomic E-state index is 13.1. The van der Waals surface area contributed by atoms with Gasteiger partial charge in [-0.3, -0.25) is 19.3 Å². The fraction of sp³-hybridized carbons (Fsp3) is 0.529. The lowest BCUT2D eigenvalue weighted by Crippen LogP contribution is -2.27. The van der Waals surface area contributed by atoms with Gasteiger partial charge in [0.2, 0.25) is 0 Å². The van der Waals surface area contributed by atoms with Crippen LogP contribution in [0.15, 0.2) is 23.1 Å². The molecular formula is C17H17N3O3. The van der Waals surface area contributed by atoms with Crippen LogP contribution in [0.1, 0.15) is 55.2 Å². The first-order valence-electron chi connectivity index (χ1n) is 8.30. The van der Waals surface area contributed by atoms with Gasteiger partial charge in [-0.15, -0.1) is 0 Å². The van der Waals surface area contributed by atoms with Crippen molar-refractivity contribution in [1.29, 1.82) is 0 Å². The molecule has 0 spiro atoms. The van der Waals surface area contributed by atoms with E-state index in [1.54, 1.807) is 6.07 Å². The first-order chi connectivity index (χ1) is 11.1. The molecule has 0 amide bonds. The predicted octanol–water partition coefficient (Wildman–Crippen LogP) is 2.99. The van der Waals surface area contributed by atoms with Crippen molar-refractivity contribution in [3.63, 3.8) is 0 Å². The Morgan fingerprint density at radius 3 is 2.48 bits per heavy atom. The molecule has 6 heteroatoms. The molecule has 2 heterocycles. The van der Waals surface area contributed by atoms with Crippen molar-refractivity contribution in [2.24, 2.45) is 11.8 Å². The highest BCUT2D eigenvalue weighted by atomic mass is 16.6. The van der Waals surface area contributed by atoms with E-state index in [2.05, 4.69) is 0 Å². The van der Waals surface area contributed by atoms with E-state index >= 15 is 0 Å². The standard InChI is InChI=1S/C17H17N3O3/c21-17-15-11-4-9-3-10(5-11)7-12(6-9)16(15)18-14-2-1-13(20(22)23)8-19(14)17/h1-2,8-12H,3-7H2. The minimum atomic E-state index is -0.467. The molecule has 6 nitrogen and oxygen atoms in total. The second-order valence-corrected chi connectivity index (χ2v) is 7.39. The van der Waals surface area contributed by atoms with Crippen LogP contribution < -0.4 is 5.56 Å². The third-order valence-corrected chi connectivity index (χ3v) is 6.02. The zero-order valence-corrected chi connectivity index (χ0v) is 12.6. The molecule has 4 bridgehead atoms. The Hall–Kier alpha value is -2.24. The van der Waals surface area contributed by atoms with Crippen molar-refractivity contribution in [3.05, 3.63) is 50.1 Å². The Morgan fingerprint density at radius 1 is 1.09 bits per heavy atom. The van der Waals surface area contributed by atoms with E-state index in [4.69, 9.17) is 4.98 Å². The van der Waals surface area contributed by atoms with Gasteiger partial charge in [0, 0.05) is 17.5 Å². The van der Waals surface area contributed by atoms with Crippen LogP contribution in [0.3, 0.4) is 0 Å². The summed E-state index contributed by atoms with van der Waals surface area (Å²) in [5.74, 6) is 2.12. The Bertz CT molecular complexity index is 890. The number of nitro groups is 1. The Kier molecular flexibility index (Phi) is 2.53. The van der Waals surface area contributed by atoms with Gasteiger partial charge in [-0.25, -0.2) is 4.98 Å². The zero-order valence-electron chi connectivity index (χ0n) is 12.6. The SMILES string of the molecule is O=c1c2c(nc3ccc([N+](=O)[O-])cn13)C1CC3CC(C1)CC2C3. The van der Waals surface area contributed by atoms with Crippen molar-refractivity contribution in [3.8, 4) is 0 Å². The maximum absolute atomic E-state index is 13.1. The van der Waals surface area contributed by atoms with Gasteiger partial charge in [-0.05, 0) is 55.9 Å². The Morgan fingerprint density at radius 2 is 1.78 bits per heavy atom. The molecule has 2 saturated carbocycles. The number of hydrogen-bond acceptors (Lipinski definition) is 4. The van der Waals surface area contributed by atoms with E-state index in [-0.39, 0.29) is 17.2 Å². The second kappa shape index (κ2) is 4.40. The first kappa shape index (κ1) is 13.2. The number of aromatic nitrogens is 2. The molecule has 0 saturated heterocycles. The van der Waals surface area contributed by atoms with Crippen LogP contribution in [0.5, 0.6) is 0 Å². The fourth-order valence-electron chi connectivity index (χ4n) is 5.27. The molecule has 2 aromatic rings. The molecule has 2 fully saturated rings. The molecular weight excluding hydrogens is 294 g/mol. The summed E-state index contributed by atoms with van der Waals surface area (Å²) in [4.78, 5) is 28.4. The van der Waals surface area contributed by atoms with Gasteiger partial charge in [0.1, 0.15) is 5.65 Å². The first-order valence-corrected chi connectivity index (χ1v) is 8.30. The van der Waals surface area contributed by atoms with Crippen molar-refractivity contribution in [2.45, 2.75) is 43.9 Å². The summed E-state index contributed by atoms with van der Waals surface area (Å²) in [7, 11) is 0. The molecule has 0 aliphatic heterocycles. The number of fused-ring (bicyclic) bond motifs is 1. The summed E-state index contributed by atoms with van der Waals surface area (Å²) in [6, 6.07) is 3.02. The quantitative estimate of drug-likeness (QED) is 0.599. The van der Waals surface area contributed by atoms with Crippen molar-refractivity contribution in [2.75, 3.05) is 0 Å². The van der Waals surface area contributed by atoms with Crippen LogP contribution in [-0.4, -0.2) is 14.3 Å². The van der Waals surface area contributed by atoms with Crippen LogP contribution in [0.25, 0.3) is 5.65 Å². The van der Waals surface area contributed by atoms with E-state index < -0.39 is 4.92 Å². The number of hydrogen-bond donors (Lipinski definition) is 0. The minimum absolute atomic E-state index is 0.0687. The largest absolute Gasteiger partial charge is 0.286 e. The highest BCUT2D eigenvalue weighted by Gasteiger charge is 2.44. The molecule has 2 atom stereocenters. The summed E-state index contributed by atoms with van der Waals surface area (Å²) in [6.45, 7) is 0. The summed E-state index contributed by atoms with van der Waals surface area (Å²) in [5, 5.41) is 11.0. The number of nitrogens with zero attached hydrogens (tertiary/aromatic N) is 3. The molecule has 23 heavy (non-hydrogen) atoms. The van der Waals surface area contributed by atoms with Gasteiger partial charge in [-0.1, -0.05) is 0 Å². The molecule has 2 aromatic heterocycles. The predicted molar refractivity (Wildman–Crippen MR) is 83.7 cm³/mol. The van der Waals surface area contributed by atoms with Crippen LogP contribution >= 0.6 is 0 Å². The minimum Gasteiger partial charge on any atom is -0.269 e. The van der Waals surface area contributed by atoms with E-state index in [9.17, 15) is 14.9 Å². The van der Waals surface area contributed by atoms with Crippen molar-refractivity contribution >= 4 is 11.3 Å². The fourth-order valence-corrected chi connectivity index (χ4v) is 5.27. The summed E-state index contributed by atoms with van der Waals surface area (Å²) in [5.41, 5.74) is 2.20. The van der Waals surface area contributed by atoms with Gasteiger partial charge < -0.3 is 0 Å². The molecule has 4 aliphatic carbocycles. The molecule has 4 aliphatic rings. The average Bonchev–Trinajstić information content (AvgIpc) is 2.69. The lowest BCUT2D eigenvalue weighted by molar-refractivity contribution is -0.385. The topological polar surface area (TPSA) is 77.5 Å². The summed E-state index contributed by atoms with van der Waals surface area (Å²) in [6.07, 6.45) is 7.08. The number of rotatable bonds is 1. The Balaban J connectivity index is 1.80. The van der Waals surface area contributed by atoms with E-state index in [0.29, 0.717) is 23.4 Å². The van der Waals surface area contributed by atoms with Gasteiger partial charge in [0.25, 0.3) is 11.2 Å². The normalized spacial score (nSPS) is 31.1. The molecule has 6 rings (SSSR count). The van der Waals surface area contributed by atoms with Crippen LogP contribution in [0.2, 0.25) is 0 Å². The highest BCUT2D eigenvalue weighted by molar-refractivity contribution is 5.47.